The molecule has 4 aliphatic rings. The van der Waals surface area contributed by atoms with E-state index >= 15 is 0 Å². The number of carbonyl (C=O) groups excluding carboxylic acids is 1. The van der Waals surface area contributed by atoms with E-state index in [1.165, 1.54) is 44.1 Å². The minimum absolute atomic E-state index is 0.0634. The van der Waals surface area contributed by atoms with Gasteiger partial charge in [0, 0.05) is 44.2 Å². The molecular weight excluding hydrogens is 514 g/mol. The number of aromatic nitrogens is 1. The summed E-state index contributed by atoms with van der Waals surface area (Å²) in [5.74, 6) is 1.39. The number of carboxylic acids is 1. The van der Waals surface area contributed by atoms with Crippen molar-refractivity contribution >= 4 is 11.9 Å². The van der Waals surface area contributed by atoms with Crippen LogP contribution >= 0.6 is 0 Å². The monoisotopic (exact) mass is 559 g/mol. The van der Waals surface area contributed by atoms with Gasteiger partial charge in [0.1, 0.15) is 5.75 Å². The molecule has 0 unspecified atom stereocenters. The normalized spacial score (nSPS) is 20.6. The summed E-state index contributed by atoms with van der Waals surface area (Å²) in [7, 11) is 0. The first kappa shape index (κ1) is 28.2. The van der Waals surface area contributed by atoms with Gasteiger partial charge in [-0.1, -0.05) is 25.8 Å². The molecule has 2 aliphatic carbocycles. The molecule has 0 atom stereocenters. The van der Waals surface area contributed by atoms with Crippen LogP contribution in [0.5, 0.6) is 5.75 Å². The van der Waals surface area contributed by atoms with Crippen molar-refractivity contribution in [2.24, 2.45) is 0 Å². The molecular formula is C34H45N3O4. The van der Waals surface area contributed by atoms with Crippen LogP contribution in [0.3, 0.4) is 0 Å². The van der Waals surface area contributed by atoms with Gasteiger partial charge in [0.25, 0.3) is 5.91 Å². The lowest BCUT2D eigenvalue weighted by atomic mass is 9.88. The Bertz CT molecular complexity index is 1300. The number of fused-ring (bicyclic) bond motifs is 1. The lowest BCUT2D eigenvalue weighted by Gasteiger charge is -2.40. The molecule has 7 nitrogen and oxygen atoms in total. The maximum absolute atomic E-state index is 13.5. The summed E-state index contributed by atoms with van der Waals surface area (Å²) < 4.78 is 6.42. The van der Waals surface area contributed by atoms with Gasteiger partial charge < -0.3 is 14.7 Å². The second-order valence-electron chi connectivity index (χ2n) is 12.9. The average molecular weight is 560 g/mol. The van der Waals surface area contributed by atoms with Crippen molar-refractivity contribution in [3.63, 3.8) is 0 Å². The zero-order chi connectivity index (χ0) is 28.7. The highest BCUT2D eigenvalue weighted by Crippen LogP contribution is 2.48. The molecule has 220 valence electrons. The van der Waals surface area contributed by atoms with Crippen molar-refractivity contribution in [3.05, 3.63) is 57.4 Å². The molecule has 2 aromatic rings. The standard InChI is InChI=1S/C34H45N3O4/c1-4-30-29(34(39)40)18-28-31(35-30)13-16-37(33(28)38)25-11-14-36(15-12-25)20-24-17-26(23-9-10-23)27(22-7-5-6-8-22)19-32(24)41-21(2)3/h17-19,21-23,25H,4-16,20H2,1-3H3,(H,39,40). The number of likely N-dealkylation sites (tertiary alicyclic amines) is 1. The zero-order valence-corrected chi connectivity index (χ0v) is 25.0. The van der Waals surface area contributed by atoms with Gasteiger partial charge in [0.2, 0.25) is 0 Å². The Morgan fingerprint density at radius 2 is 1.68 bits per heavy atom. The molecule has 0 bridgehead atoms. The van der Waals surface area contributed by atoms with E-state index in [-0.39, 0.29) is 23.6 Å². The van der Waals surface area contributed by atoms with Crippen LogP contribution in [0.25, 0.3) is 0 Å². The Kier molecular flexibility index (Phi) is 8.08. The summed E-state index contributed by atoms with van der Waals surface area (Å²) in [6.07, 6.45) is 11.1. The van der Waals surface area contributed by atoms with Crippen LogP contribution in [0.4, 0.5) is 0 Å². The van der Waals surface area contributed by atoms with E-state index < -0.39 is 5.97 Å². The molecule has 1 aromatic heterocycles. The molecule has 3 fully saturated rings. The van der Waals surface area contributed by atoms with Crippen LogP contribution in [0, 0.1) is 0 Å². The van der Waals surface area contributed by atoms with Crippen LogP contribution in [0.2, 0.25) is 0 Å². The molecule has 1 saturated heterocycles. The Morgan fingerprint density at radius 1 is 1.00 bits per heavy atom. The van der Waals surface area contributed by atoms with Gasteiger partial charge in [0.05, 0.1) is 28.6 Å². The fraction of sp³-hybridized carbons (Fsp3) is 0.618. The summed E-state index contributed by atoms with van der Waals surface area (Å²) in [5, 5.41) is 9.66. The number of aryl methyl sites for hydroxylation is 1. The highest BCUT2D eigenvalue weighted by molar-refractivity contribution is 5.99. The first-order chi connectivity index (χ1) is 19.8. The molecule has 2 saturated carbocycles. The number of nitrogens with zero attached hydrogens (tertiary/aromatic N) is 3. The molecule has 6 rings (SSSR count). The van der Waals surface area contributed by atoms with Crippen LogP contribution in [0.1, 0.15) is 133 Å². The van der Waals surface area contributed by atoms with Crippen LogP contribution in [-0.4, -0.2) is 63.5 Å². The minimum atomic E-state index is -1.02. The molecule has 1 N–H and O–H groups in total. The highest BCUT2D eigenvalue weighted by Gasteiger charge is 2.35. The molecule has 0 spiro atoms. The highest BCUT2D eigenvalue weighted by atomic mass is 16.5. The Morgan fingerprint density at radius 3 is 2.32 bits per heavy atom. The van der Waals surface area contributed by atoms with Crippen molar-refractivity contribution in [1.82, 2.24) is 14.8 Å². The summed E-state index contributed by atoms with van der Waals surface area (Å²) in [5.41, 5.74) is 6.37. The number of rotatable bonds is 9. The molecule has 0 radical (unpaired) electrons. The number of carboxylic acid groups (broad SMARTS) is 1. The fourth-order valence-electron chi connectivity index (χ4n) is 7.37. The van der Waals surface area contributed by atoms with Crippen LogP contribution in [-0.2, 0) is 19.4 Å². The number of ether oxygens (including phenoxy) is 1. The molecule has 1 aromatic carbocycles. The van der Waals surface area contributed by atoms with Crippen LogP contribution < -0.4 is 4.74 Å². The lowest BCUT2D eigenvalue weighted by Crippen LogP contribution is -2.50. The van der Waals surface area contributed by atoms with Gasteiger partial charge in [-0.05, 0) is 93.9 Å². The lowest BCUT2D eigenvalue weighted by molar-refractivity contribution is 0.0542. The third kappa shape index (κ3) is 5.88. The summed E-state index contributed by atoms with van der Waals surface area (Å²) in [6.45, 7) is 9.52. The van der Waals surface area contributed by atoms with E-state index in [1.807, 2.05) is 11.8 Å². The van der Waals surface area contributed by atoms with Gasteiger partial charge in [-0.25, -0.2) is 4.79 Å². The molecule has 7 heteroatoms. The number of benzene rings is 1. The predicted molar refractivity (Wildman–Crippen MR) is 159 cm³/mol. The zero-order valence-electron chi connectivity index (χ0n) is 25.0. The van der Waals surface area contributed by atoms with Crippen molar-refractivity contribution < 1.29 is 19.4 Å². The summed E-state index contributed by atoms with van der Waals surface area (Å²) in [4.78, 5) is 34.4. The first-order valence-electron chi connectivity index (χ1n) is 15.9. The Hall–Kier alpha value is -2.93. The number of carbonyl (C=O) groups is 2. The molecule has 1 amide bonds. The molecule has 41 heavy (non-hydrogen) atoms. The minimum Gasteiger partial charge on any atom is -0.491 e. The van der Waals surface area contributed by atoms with Gasteiger partial charge in [-0.3, -0.25) is 14.7 Å². The fourth-order valence-corrected chi connectivity index (χ4v) is 7.37. The van der Waals surface area contributed by atoms with E-state index in [2.05, 4.69) is 35.9 Å². The van der Waals surface area contributed by atoms with E-state index in [0.717, 1.165) is 49.8 Å². The summed E-state index contributed by atoms with van der Waals surface area (Å²) >= 11 is 0. The number of aromatic carboxylic acids is 1. The quantitative estimate of drug-likeness (QED) is 0.387. The molecule has 3 heterocycles. The van der Waals surface area contributed by atoms with Gasteiger partial charge >= 0.3 is 5.97 Å². The maximum Gasteiger partial charge on any atom is 0.337 e. The van der Waals surface area contributed by atoms with Crippen LogP contribution in [0.15, 0.2) is 18.2 Å². The maximum atomic E-state index is 13.5. The van der Waals surface area contributed by atoms with E-state index in [0.29, 0.717) is 36.6 Å². The number of hydrogen-bond acceptors (Lipinski definition) is 5. The SMILES string of the molecule is CCc1nc2c(cc1C(=O)O)C(=O)N(C1CCN(Cc3cc(C4CC4)c(C4CCCC4)cc3OC(C)C)CC1)CC2. The van der Waals surface area contributed by atoms with E-state index in [1.54, 1.807) is 17.2 Å². The third-order valence-corrected chi connectivity index (χ3v) is 9.66. The number of pyridine rings is 1. The smallest absolute Gasteiger partial charge is 0.337 e. The van der Waals surface area contributed by atoms with Crippen molar-refractivity contribution in [1.29, 1.82) is 0 Å². The molecule has 2 aliphatic heterocycles. The largest absolute Gasteiger partial charge is 0.491 e. The first-order valence-corrected chi connectivity index (χ1v) is 15.9. The number of amides is 1. The van der Waals surface area contributed by atoms with E-state index in [4.69, 9.17) is 4.74 Å². The number of piperidine rings is 1. The van der Waals surface area contributed by atoms with Crippen molar-refractivity contribution in [3.8, 4) is 5.75 Å². The average Bonchev–Trinajstić information content (AvgIpc) is 3.66. The Balaban J connectivity index is 1.16. The third-order valence-electron chi connectivity index (χ3n) is 9.66. The van der Waals surface area contributed by atoms with Gasteiger partial charge in [0.15, 0.2) is 0 Å². The van der Waals surface area contributed by atoms with Crippen molar-refractivity contribution in [2.45, 2.75) is 116 Å². The van der Waals surface area contributed by atoms with Gasteiger partial charge in [-0.15, -0.1) is 0 Å². The Labute approximate surface area is 244 Å². The predicted octanol–water partition coefficient (Wildman–Crippen LogP) is 6.33. The van der Waals surface area contributed by atoms with Gasteiger partial charge in [-0.2, -0.15) is 0 Å². The topological polar surface area (TPSA) is 83.0 Å². The second kappa shape index (κ2) is 11.7. The number of hydrogen-bond donors (Lipinski definition) is 1. The van der Waals surface area contributed by atoms with Crippen molar-refractivity contribution in [2.75, 3.05) is 19.6 Å². The van der Waals surface area contributed by atoms with E-state index in [9.17, 15) is 14.7 Å². The summed E-state index contributed by atoms with van der Waals surface area (Å²) in [6, 6.07) is 6.62. The second-order valence-corrected chi connectivity index (χ2v) is 12.9.